The van der Waals surface area contributed by atoms with Gasteiger partial charge in [0.25, 0.3) is 0 Å². The standard InChI is InChI=1S/C13H17N3O2/c1-16(2)8-7-14-13(17)9-11-10-5-3-4-6-12(10)18-15-11/h3-6H,7-9H2,1-2H3,(H,14,17). The van der Waals surface area contributed by atoms with Gasteiger partial charge in [0.15, 0.2) is 5.58 Å². The third-order valence-corrected chi connectivity index (χ3v) is 2.66. The minimum absolute atomic E-state index is 0.0316. The van der Waals surface area contributed by atoms with Crippen molar-refractivity contribution in [2.75, 3.05) is 27.2 Å². The maximum Gasteiger partial charge on any atom is 0.226 e. The van der Waals surface area contributed by atoms with Gasteiger partial charge in [-0.2, -0.15) is 0 Å². The highest BCUT2D eigenvalue weighted by atomic mass is 16.5. The normalized spacial score (nSPS) is 11.1. The molecule has 1 heterocycles. The van der Waals surface area contributed by atoms with E-state index in [2.05, 4.69) is 10.5 Å². The van der Waals surface area contributed by atoms with Gasteiger partial charge in [0, 0.05) is 18.5 Å². The first-order valence-electron chi connectivity index (χ1n) is 5.91. The quantitative estimate of drug-likeness (QED) is 0.858. The van der Waals surface area contributed by atoms with E-state index in [0.29, 0.717) is 17.8 Å². The molecule has 0 radical (unpaired) electrons. The summed E-state index contributed by atoms with van der Waals surface area (Å²) in [5, 5.41) is 7.69. The molecule has 2 rings (SSSR count). The Bertz CT molecular complexity index is 534. The number of rotatable bonds is 5. The number of aromatic nitrogens is 1. The van der Waals surface area contributed by atoms with Crippen molar-refractivity contribution < 1.29 is 9.32 Å². The summed E-state index contributed by atoms with van der Waals surface area (Å²) in [4.78, 5) is 13.7. The molecule has 1 aromatic carbocycles. The third-order valence-electron chi connectivity index (χ3n) is 2.66. The number of carbonyl (C=O) groups excluding carboxylic acids is 1. The van der Waals surface area contributed by atoms with Crippen molar-refractivity contribution >= 4 is 16.9 Å². The van der Waals surface area contributed by atoms with E-state index in [1.807, 2.05) is 43.3 Å². The van der Waals surface area contributed by atoms with Crippen LogP contribution in [0.2, 0.25) is 0 Å². The highest BCUT2D eigenvalue weighted by molar-refractivity contribution is 5.86. The van der Waals surface area contributed by atoms with Crippen molar-refractivity contribution in [3.8, 4) is 0 Å². The first kappa shape index (κ1) is 12.6. The lowest BCUT2D eigenvalue weighted by Crippen LogP contribution is -2.32. The van der Waals surface area contributed by atoms with Crippen LogP contribution in [0.3, 0.4) is 0 Å². The predicted molar refractivity (Wildman–Crippen MR) is 69.3 cm³/mol. The Hall–Kier alpha value is -1.88. The summed E-state index contributed by atoms with van der Waals surface area (Å²) in [6.45, 7) is 1.47. The first-order chi connectivity index (χ1) is 8.66. The van der Waals surface area contributed by atoms with Crippen molar-refractivity contribution in [1.82, 2.24) is 15.4 Å². The van der Waals surface area contributed by atoms with Gasteiger partial charge in [0.05, 0.1) is 6.42 Å². The van der Waals surface area contributed by atoms with E-state index >= 15 is 0 Å². The fourth-order valence-corrected chi connectivity index (χ4v) is 1.70. The number of hydrogen-bond donors (Lipinski definition) is 1. The van der Waals surface area contributed by atoms with Gasteiger partial charge < -0.3 is 14.7 Å². The summed E-state index contributed by atoms with van der Waals surface area (Å²) in [7, 11) is 3.94. The van der Waals surface area contributed by atoms with Gasteiger partial charge in [-0.1, -0.05) is 17.3 Å². The lowest BCUT2D eigenvalue weighted by atomic mass is 10.1. The van der Waals surface area contributed by atoms with E-state index in [1.54, 1.807) is 0 Å². The number of carbonyl (C=O) groups is 1. The van der Waals surface area contributed by atoms with Crippen LogP contribution in [0, 0.1) is 0 Å². The molecule has 5 nitrogen and oxygen atoms in total. The molecule has 0 saturated heterocycles. The second-order valence-corrected chi connectivity index (χ2v) is 4.46. The van der Waals surface area contributed by atoms with Crippen LogP contribution < -0.4 is 5.32 Å². The maximum absolute atomic E-state index is 11.7. The van der Waals surface area contributed by atoms with Gasteiger partial charge in [-0.05, 0) is 26.2 Å². The fraction of sp³-hybridized carbons (Fsp3) is 0.385. The number of nitrogens with zero attached hydrogens (tertiary/aromatic N) is 2. The summed E-state index contributed by atoms with van der Waals surface area (Å²) in [6, 6.07) is 7.55. The topological polar surface area (TPSA) is 58.4 Å². The average molecular weight is 247 g/mol. The Morgan fingerprint density at radius 1 is 1.39 bits per heavy atom. The Balaban J connectivity index is 1.95. The molecule has 96 valence electrons. The van der Waals surface area contributed by atoms with Crippen LogP contribution >= 0.6 is 0 Å². The van der Waals surface area contributed by atoms with Gasteiger partial charge in [-0.15, -0.1) is 0 Å². The molecule has 0 aliphatic carbocycles. The largest absolute Gasteiger partial charge is 0.356 e. The van der Waals surface area contributed by atoms with Crippen LogP contribution in [0.4, 0.5) is 0 Å². The first-order valence-corrected chi connectivity index (χ1v) is 5.91. The zero-order valence-electron chi connectivity index (χ0n) is 10.6. The minimum Gasteiger partial charge on any atom is -0.356 e. The molecule has 0 atom stereocenters. The molecular weight excluding hydrogens is 230 g/mol. The summed E-state index contributed by atoms with van der Waals surface area (Å²) in [5.74, 6) is -0.0316. The van der Waals surface area contributed by atoms with Gasteiger partial charge in [-0.3, -0.25) is 4.79 Å². The van der Waals surface area contributed by atoms with Crippen molar-refractivity contribution in [3.05, 3.63) is 30.0 Å². The number of para-hydroxylation sites is 1. The van der Waals surface area contributed by atoms with Crippen molar-refractivity contribution in [3.63, 3.8) is 0 Å². The Labute approximate surface area is 106 Å². The Morgan fingerprint density at radius 3 is 2.94 bits per heavy atom. The molecule has 1 amide bonds. The maximum atomic E-state index is 11.7. The van der Waals surface area contributed by atoms with Crippen LogP contribution in [-0.2, 0) is 11.2 Å². The van der Waals surface area contributed by atoms with E-state index in [-0.39, 0.29) is 12.3 Å². The number of nitrogens with one attached hydrogen (secondary N) is 1. The summed E-state index contributed by atoms with van der Waals surface area (Å²) in [5.41, 5.74) is 1.40. The van der Waals surface area contributed by atoms with E-state index < -0.39 is 0 Å². The molecule has 1 aromatic heterocycles. The fourth-order valence-electron chi connectivity index (χ4n) is 1.70. The van der Waals surface area contributed by atoms with Crippen LogP contribution in [0.25, 0.3) is 11.0 Å². The molecule has 0 spiro atoms. The van der Waals surface area contributed by atoms with Crippen molar-refractivity contribution in [2.24, 2.45) is 0 Å². The number of fused-ring (bicyclic) bond motifs is 1. The highest BCUT2D eigenvalue weighted by Gasteiger charge is 2.11. The molecule has 0 aliphatic heterocycles. The van der Waals surface area contributed by atoms with Crippen LogP contribution in [-0.4, -0.2) is 43.1 Å². The van der Waals surface area contributed by atoms with Gasteiger partial charge in [-0.25, -0.2) is 0 Å². The Morgan fingerprint density at radius 2 is 2.17 bits per heavy atom. The summed E-state index contributed by atoms with van der Waals surface area (Å²) >= 11 is 0. The molecule has 0 unspecified atom stereocenters. The SMILES string of the molecule is CN(C)CCNC(=O)Cc1noc2ccccc12. The molecule has 18 heavy (non-hydrogen) atoms. The predicted octanol–water partition coefficient (Wildman–Crippen LogP) is 1.05. The molecule has 2 aromatic rings. The number of benzene rings is 1. The number of amides is 1. The van der Waals surface area contributed by atoms with E-state index in [1.165, 1.54) is 0 Å². The van der Waals surface area contributed by atoms with E-state index in [4.69, 9.17) is 4.52 Å². The molecule has 1 N–H and O–H groups in total. The van der Waals surface area contributed by atoms with Gasteiger partial charge in [0.1, 0.15) is 5.69 Å². The zero-order chi connectivity index (χ0) is 13.0. The second kappa shape index (κ2) is 5.64. The molecular formula is C13H17N3O2. The lowest BCUT2D eigenvalue weighted by Gasteiger charge is -2.09. The smallest absolute Gasteiger partial charge is 0.226 e. The highest BCUT2D eigenvalue weighted by Crippen LogP contribution is 2.17. The number of hydrogen-bond acceptors (Lipinski definition) is 4. The monoisotopic (exact) mass is 247 g/mol. The van der Waals surface area contributed by atoms with Gasteiger partial charge >= 0.3 is 0 Å². The average Bonchev–Trinajstić information content (AvgIpc) is 2.72. The molecule has 0 aliphatic rings. The molecule has 0 saturated carbocycles. The van der Waals surface area contributed by atoms with E-state index in [0.717, 1.165) is 11.9 Å². The van der Waals surface area contributed by atoms with E-state index in [9.17, 15) is 4.79 Å². The Kier molecular flexibility index (Phi) is 3.94. The van der Waals surface area contributed by atoms with Crippen molar-refractivity contribution in [1.29, 1.82) is 0 Å². The lowest BCUT2D eigenvalue weighted by molar-refractivity contribution is -0.120. The van der Waals surface area contributed by atoms with Crippen LogP contribution in [0.1, 0.15) is 5.69 Å². The molecule has 0 fully saturated rings. The zero-order valence-corrected chi connectivity index (χ0v) is 10.6. The number of likely N-dealkylation sites (N-methyl/N-ethyl adjacent to an activating group) is 1. The summed E-state index contributed by atoms with van der Waals surface area (Å²) < 4.78 is 5.15. The third kappa shape index (κ3) is 3.07. The molecule has 5 heteroatoms. The van der Waals surface area contributed by atoms with Crippen molar-refractivity contribution in [2.45, 2.75) is 6.42 Å². The molecule has 0 bridgehead atoms. The van der Waals surface area contributed by atoms with Crippen LogP contribution in [0.5, 0.6) is 0 Å². The van der Waals surface area contributed by atoms with Gasteiger partial charge in [0.2, 0.25) is 5.91 Å². The van der Waals surface area contributed by atoms with Crippen LogP contribution in [0.15, 0.2) is 28.8 Å². The summed E-state index contributed by atoms with van der Waals surface area (Å²) in [6.07, 6.45) is 0.254. The second-order valence-electron chi connectivity index (χ2n) is 4.46. The minimum atomic E-state index is -0.0316.